The van der Waals surface area contributed by atoms with E-state index in [2.05, 4.69) is 10.3 Å². The highest BCUT2D eigenvalue weighted by molar-refractivity contribution is 6.34. The van der Waals surface area contributed by atoms with Crippen molar-refractivity contribution in [3.63, 3.8) is 0 Å². The fourth-order valence-electron chi connectivity index (χ4n) is 1.48. The number of carbonyl (C=O) groups excluding carboxylic acids is 1. The van der Waals surface area contributed by atoms with Gasteiger partial charge in [0.05, 0.1) is 28.2 Å². The quantitative estimate of drug-likeness (QED) is 0.833. The monoisotopic (exact) mass is 317 g/mol. The second kappa shape index (κ2) is 5.60. The Morgan fingerprint density at radius 1 is 1.25 bits per heavy atom. The van der Waals surface area contributed by atoms with Crippen LogP contribution < -0.4 is 11.1 Å². The smallest absolute Gasteiger partial charge is 0.258 e. The first kappa shape index (κ1) is 14.5. The minimum absolute atomic E-state index is 0.00444. The van der Waals surface area contributed by atoms with Gasteiger partial charge in [0, 0.05) is 6.07 Å². The van der Waals surface area contributed by atoms with Gasteiger partial charge in [-0.1, -0.05) is 23.2 Å². The van der Waals surface area contributed by atoms with Crippen LogP contribution in [0, 0.1) is 11.6 Å². The molecule has 8 heteroatoms. The largest absolute Gasteiger partial charge is 0.397 e. The summed E-state index contributed by atoms with van der Waals surface area (Å²) in [6.45, 7) is 0. The molecule has 0 saturated carbocycles. The highest BCUT2D eigenvalue weighted by Crippen LogP contribution is 2.27. The zero-order chi connectivity index (χ0) is 14.9. The predicted molar refractivity (Wildman–Crippen MR) is 73.0 cm³/mol. The van der Waals surface area contributed by atoms with E-state index in [0.717, 1.165) is 6.07 Å². The molecule has 2 aromatic rings. The topological polar surface area (TPSA) is 68.0 Å². The minimum atomic E-state index is -0.998. The zero-order valence-corrected chi connectivity index (χ0v) is 11.3. The molecule has 0 spiro atoms. The van der Waals surface area contributed by atoms with Gasteiger partial charge < -0.3 is 11.1 Å². The SMILES string of the molecule is Nc1cnc(Cl)cc1C(=O)Nc1c(F)cc(F)cc1Cl. The van der Waals surface area contributed by atoms with E-state index in [-0.39, 0.29) is 27.1 Å². The first-order chi connectivity index (χ1) is 9.38. The number of rotatable bonds is 2. The number of hydrogen-bond acceptors (Lipinski definition) is 3. The van der Waals surface area contributed by atoms with Crippen LogP contribution in [-0.2, 0) is 0 Å². The van der Waals surface area contributed by atoms with Gasteiger partial charge in [-0.2, -0.15) is 0 Å². The molecule has 20 heavy (non-hydrogen) atoms. The lowest BCUT2D eigenvalue weighted by atomic mass is 10.2. The molecule has 1 aromatic carbocycles. The van der Waals surface area contributed by atoms with Crippen LogP contribution in [0.3, 0.4) is 0 Å². The van der Waals surface area contributed by atoms with Gasteiger partial charge in [0.25, 0.3) is 5.91 Å². The number of hydrogen-bond donors (Lipinski definition) is 2. The molecule has 0 radical (unpaired) electrons. The highest BCUT2D eigenvalue weighted by atomic mass is 35.5. The first-order valence-corrected chi connectivity index (χ1v) is 6.01. The van der Waals surface area contributed by atoms with Crippen molar-refractivity contribution in [1.82, 2.24) is 4.98 Å². The lowest BCUT2D eigenvalue weighted by molar-refractivity contribution is 0.102. The van der Waals surface area contributed by atoms with Crippen LogP contribution in [0.1, 0.15) is 10.4 Å². The van der Waals surface area contributed by atoms with E-state index in [9.17, 15) is 13.6 Å². The second-order valence-corrected chi connectivity index (χ2v) is 4.59. The van der Waals surface area contributed by atoms with Crippen molar-refractivity contribution in [3.05, 3.63) is 51.8 Å². The molecule has 1 aromatic heterocycles. The molecule has 0 saturated heterocycles. The molecule has 0 fully saturated rings. The molecule has 0 bridgehead atoms. The van der Waals surface area contributed by atoms with Gasteiger partial charge >= 0.3 is 0 Å². The van der Waals surface area contributed by atoms with Gasteiger partial charge in [0.2, 0.25) is 0 Å². The Balaban J connectivity index is 2.35. The van der Waals surface area contributed by atoms with Crippen LogP contribution in [-0.4, -0.2) is 10.9 Å². The van der Waals surface area contributed by atoms with E-state index >= 15 is 0 Å². The number of carbonyl (C=O) groups is 1. The average molecular weight is 318 g/mol. The lowest BCUT2D eigenvalue weighted by Gasteiger charge is -2.10. The number of halogens is 4. The molecule has 0 aliphatic rings. The molecule has 1 heterocycles. The summed E-state index contributed by atoms with van der Waals surface area (Å²) in [5.74, 6) is -2.58. The summed E-state index contributed by atoms with van der Waals surface area (Å²) in [5, 5.41) is 1.99. The second-order valence-electron chi connectivity index (χ2n) is 3.79. The number of aromatic nitrogens is 1. The zero-order valence-electron chi connectivity index (χ0n) is 9.75. The summed E-state index contributed by atoms with van der Waals surface area (Å²) < 4.78 is 26.5. The standard InChI is InChI=1S/C12H7Cl2F2N3O/c13-7-1-5(15)2-8(16)11(7)19-12(20)6-3-10(14)18-4-9(6)17/h1-4H,17H2,(H,19,20). The Morgan fingerprint density at radius 3 is 2.60 bits per heavy atom. The predicted octanol–water partition coefficient (Wildman–Crippen LogP) is 3.50. The molecule has 104 valence electrons. The van der Waals surface area contributed by atoms with Crippen LogP contribution in [0.15, 0.2) is 24.4 Å². The molecule has 0 aliphatic heterocycles. The van der Waals surface area contributed by atoms with Gasteiger partial charge in [-0.3, -0.25) is 4.79 Å². The summed E-state index contributed by atoms with van der Waals surface area (Å²) in [6.07, 6.45) is 1.19. The molecule has 4 nitrogen and oxygen atoms in total. The average Bonchev–Trinajstić information content (AvgIpc) is 2.36. The first-order valence-electron chi connectivity index (χ1n) is 5.25. The minimum Gasteiger partial charge on any atom is -0.397 e. The van der Waals surface area contributed by atoms with Crippen molar-refractivity contribution >= 4 is 40.5 Å². The summed E-state index contributed by atoms with van der Waals surface area (Å²) >= 11 is 11.3. The number of nitrogens with zero attached hydrogens (tertiary/aromatic N) is 1. The molecule has 2 rings (SSSR count). The van der Waals surface area contributed by atoms with Crippen LogP contribution in [0.25, 0.3) is 0 Å². The summed E-state index contributed by atoms with van der Waals surface area (Å²) in [6, 6.07) is 2.70. The number of nitrogen functional groups attached to an aromatic ring is 1. The van der Waals surface area contributed by atoms with E-state index in [1.54, 1.807) is 0 Å². The number of nitrogens with two attached hydrogens (primary N) is 1. The molecular weight excluding hydrogens is 311 g/mol. The van der Waals surface area contributed by atoms with Crippen LogP contribution in [0.4, 0.5) is 20.2 Å². The van der Waals surface area contributed by atoms with Gasteiger partial charge in [-0.05, 0) is 12.1 Å². The van der Waals surface area contributed by atoms with Gasteiger partial charge in [-0.15, -0.1) is 0 Å². The number of anilines is 2. The van der Waals surface area contributed by atoms with Crippen molar-refractivity contribution in [2.75, 3.05) is 11.1 Å². The third-order valence-electron chi connectivity index (χ3n) is 2.39. The maximum Gasteiger partial charge on any atom is 0.258 e. The lowest BCUT2D eigenvalue weighted by Crippen LogP contribution is -2.15. The summed E-state index contributed by atoms with van der Waals surface area (Å²) in [7, 11) is 0. The molecule has 0 aliphatic carbocycles. The summed E-state index contributed by atoms with van der Waals surface area (Å²) in [5.41, 5.74) is 5.30. The summed E-state index contributed by atoms with van der Waals surface area (Å²) in [4.78, 5) is 15.7. The fourth-order valence-corrected chi connectivity index (χ4v) is 1.88. The van der Waals surface area contributed by atoms with Crippen molar-refractivity contribution in [3.8, 4) is 0 Å². The van der Waals surface area contributed by atoms with Crippen molar-refractivity contribution in [2.45, 2.75) is 0 Å². The maximum absolute atomic E-state index is 13.6. The Morgan fingerprint density at radius 2 is 1.95 bits per heavy atom. The normalized spacial score (nSPS) is 10.4. The van der Waals surface area contributed by atoms with Gasteiger partial charge in [0.15, 0.2) is 5.82 Å². The Bertz CT molecular complexity index is 671. The Labute approximate surface area is 122 Å². The van der Waals surface area contributed by atoms with Crippen LogP contribution >= 0.6 is 23.2 Å². The van der Waals surface area contributed by atoms with Gasteiger partial charge in [-0.25, -0.2) is 13.8 Å². The molecule has 3 N–H and O–H groups in total. The number of benzene rings is 1. The van der Waals surface area contributed by atoms with Crippen LogP contribution in [0.5, 0.6) is 0 Å². The third-order valence-corrected chi connectivity index (χ3v) is 2.90. The fraction of sp³-hybridized carbons (Fsp3) is 0. The van der Waals surface area contributed by atoms with E-state index < -0.39 is 17.5 Å². The van der Waals surface area contributed by atoms with Gasteiger partial charge in [0.1, 0.15) is 11.0 Å². The number of amides is 1. The van der Waals surface area contributed by atoms with E-state index in [1.807, 2.05) is 0 Å². The van der Waals surface area contributed by atoms with Crippen LogP contribution in [0.2, 0.25) is 10.2 Å². The van der Waals surface area contributed by atoms with E-state index in [1.165, 1.54) is 12.3 Å². The van der Waals surface area contributed by atoms with Crippen molar-refractivity contribution in [2.24, 2.45) is 0 Å². The molecule has 0 unspecified atom stereocenters. The highest BCUT2D eigenvalue weighted by Gasteiger charge is 2.16. The maximum atomic E-state index is 13.6. The van der Waals surface area contributed by atoms with E-state index in [4.69, 9.17) is 28.9 Å². The number of nitrogens with one attached hydrogen (secondary N) is 1. The third kappa shape index (κ3) is 2.97. The number of pyridine rings is 1. The van der Waals surface area contributed by atoms with Crippen molar-refractivity contribution < 1.29 is 13.6 Å². The van der Waals surface area contributed by atoms with Crippen molar-refractivity contribution in [1.29, 1.82) is 0 Å². The van der Waals surface area contributed by atoms with E-state index in [0.29, 0.717) is 6.07 Å². The Hall–Kier alpha value is -1.92. The molecular formula is C12H7Cl2F2N3O. The molecule has 0 atom stereocenters. The Kier molecular flexibility index (Phi) is 4.06. The molecule has 1 amide bonds.